The quantitative estimate of drug-likeness (QED) is 0.670. The Kier molecular flexibility index (Phi) is 2.84. The molecule has 0 radical (unpaired) electrons. The molecule has 0 aliphatic carbocycles. The monoisotopic (exact) mass is 180 g/mol. The molecule has 0 aromatic heterocycles. The van der Waals surface area contributed by atoms with Crippen LogP contribution in [0.1, 0.15) is 25.0 Å². The van der Waals surface area contributed by atoms with Crippen LogP contribution in [0.5, 0.6) is 0 Å². The summed E-state index contributed by atoms with van der Waals surface area (Å²) in [6, 6.07) is 8.59. The predicted octanol–water partition coefficient (Wildman–Crippen LogP) is 3.59. The fourth-order valence-corrected chi connectivity index (χ4v) is 1.81. The second-order valence-electron chi connectivity index (χ2n) is 3.53. The van der Waals surface area contributed by atoms with Gasteiger partial charge in [0.2, 0.25) is 0 Å². The standard InChI is InChI=1S/C11H16S/c1-9-7-5-6-8-10(9)11(2,3)12-4/h5-8H,1-4H3. The largest absolute Gasteiger partial charge is 0.154 e. The first-order valence-electron chi connectivity index (χ1n) is 4.19. The second-order valence-corrected chi connectivity index (χ2v) is 4.96. The number of thioether (sulfide) groups is 1. The number of rotatable bonds is 2. The van der Waals surface area contributed by atoms with Crippen molar-refractivity contribution < 1.29 is 0 Å². The average molecular weight is 180 g/mol. The molecule has 1 aromatic rings. The van der Waals surface area contributed by atoms with Gasteiger partial charge in [0.25, 0.3) is 0 Å². The summed E-state index contributed by atoms with van der Waals surface area (Å²) in [4.78, 5) is 0. The van der Waals surface area contributed by atoms with Crippen molar-refractivity contribution in [3.8, 4) is 0 Å². The SMILES string of the molecule is CSC(C)(C)c1ccccc1C. The molecule has 0 spiro atoms. The van der Waals surface area contributed by atoms with E-state index in [2.05, 4.69) is 51.3 Å². The Labute approximate surface area is 79.4 Å². The van der Waals surface area contributed by atoms with Gasteiger partial charge in [0.15, 0.2) is 0 Å². The lowest BCUT2D eigenvalue weighted by Crippen LogP contribution is -2.12. The van der Waals surface area contributed by atoms with Gasteiger partial charge in [0.1, 0.15) is 0 Å². The molecule has 66 valence electrons. The lowest BCUT2D eigenvalue weighted by molar-refractivity contribution is 0.777. The van der Waals surface area contributed by atoms with E-state index >= 15 is 0 Å². The first-order valence-corrected chi connectivity index (χ1v) is 5.41. The molecule has 0 saturated heterocycles. The van der Waals surface area contributed by atoms with Gasteiger partial charge in [-0.1, -0.05) is 24.3 Å². The summed E-state index contributed by atoms with van der Waals surface area (Å²) in [5, 5.41) is 0. The van der Waals surface area contributed by atoms with Crippen molar-refractivity contribution in [1.29, 1.82) is 0 Å². The van der Waals surface area contributed by atoms with Crippen LogP contribution in [0.2, 0.25) is 0 Å². The molecular weight excluding hydrogens is 164 g/mol. The maximum atomic E-state index is 2.26. The molecule has 0 atom stereocenters. The zero-order chi connectivity index (χ0) is 9.19. The fourth-order valence-electron chi connectivity index (χ4n) is 1.36. The molecule has 0 unspecified atom stereocenters. The second kappa shape index (κ2) is 3.53. The van der Waals surface area contributed by atoms with Crippen molar-refractivity contribution in [3.63, 3.8) is 0 Å². The first kappa shape index (κ1) is 9.66. The minimum absolute atomic E-state index is 0.241. The Balaban J connectivity index is 3.10. The molecule has 1 heteroatoms. The van der Waals surface area contributed by atoms with Gasteiger partial charge in [-0.25, -0.2) is 0 Å². The minimum atomic E-state index is 0.241. The van der Waals surface area contributed by atoms with Crippen LogP contribution in [0.25, 0.3) is 0 Å². The van der Waals surface area contributed by atoms with Gasteiger partial charge >= 0.3 is 0 Å². The van der Waals surface area contributed by atoms with Gasteiger partial charge in [-0.3, -0.25) is 0 Å². The van der Waals surface area contributed by atoms with E-state index < -0.39 is 0 Å². The van der Waals surface area contributed by atoms with Crippen molar-refractivity contribution in [1.82, 2.24) is 0 Å². The molecule has 0 aliphatic heterocycles. The zero-order valence-corrected chi connectivity index (χ0v) is 9.03. The maximum absolute atomic E-state index is 2.26. The van der Waals surface area contributed by atoms with Crippen molar-refractivity contribution in [2.45, 2.75) is 25.5 Å². The maximum Gasteiger partial charge on any atom is 0.0352 e. The smallest absolute Gasteiger partial charge is 0.0352 e. The van der Waals surface area contributed by atoms with Crippen molar-refractivity contribution >= 4 is 11.8 Å². The van der Waals surface area contributed by atoms with Crippen molar-refractivity contribution in [3.05, 3.63) is 35.4 Å². The average Bonchev–Trinajstić information content (AvgIpc) is 2.05. The Morgan fingerprint density at radius 3 is 2.25 bits per heavy atom. The summed E-state index contributed by atoms with van der Waals surface area (Å²) in [7, 11) is 0. The summed E-state index contributed by atoms with van der Waals surface area (Å²) in [6.07, 6.45) is 2.16. The molecule has 0 bridgehead atoms. The third kappa shape index (κ3) is 1.84. The summed E-state index contributed by atoms with van der Waals surface area (Å²) in [6.45, 7) is 6.70. The van der Waals surface area contributed by atoms with Crippen LogP contribution in [-0.2, 0) is 4.75 Å². The molecule has 0 nitrogen and oxygen atoms in total. The van der Waals surface area contributed by atoms with Crippen molar-refractivity contribution in [2.75, 3.05) is 6.26 Å². The molecule has 0 N–H and O–H groups in total. The predicted molar refractivity (Wildman–Crippen MR) is 57.7 cm³/mol. The lowest BCUT2D eigenvalue weighted by atomic mass is 9.97. The van der Waals surface area contributed by atoms with E-state index in [4.69, 9.17) is 0 Å². The zero-order valence-electron chi connectivity index (χ0n) is 8.22. The van der Waals surface area contributed by atoms with Gasteiger partial charge in [-0.15, -0.1) is 0 Å². The highest BCUT2D eigenvalue weighted by Crippen LogP contribution is 2.35. The number of hydrogen-bond donors (Lipinski definition) is 0. The van der Waals surface area contributed by atoms with Crippen molar-refractivity contribution in [2.24, 2.45) is 0 Å². The topological polar surface area (TPSA) is 0 Å². The third-order valence-electron chi connectivity index (χ3n) is 2.30. The molecule has 1 rings (SSSR count). The molecule has 12 heavy (non-hydrogen) atoms. The third-order valence-corrected chi connectivity index (χ3v) is 3.54. The normalized spacial score (nSPS) is 11.7. The van der Waals surface area contributed by atoms with E-state index in [0.717, 1.165) is 0 Å². The Hall–Kier alpha value is -0.430. The molecule has 0 fully saturated rings. The van der Waals surface area contributed by atoms with Gasteiger partial charge in [-0.05, 0) is 38.2 Å². The minimum Gasteiger partial charge on any atom is -0.154 e. The fraction of sp³-hybridized carbons (Fsp3) is 0.455. The number of benzene rings is 1. The first-order chi connectivity index (χ1) is 5.58. The summed E-state index contributed by atoms with van der Waals surface area (Å²) in [5.74, 6) is 0. The number of hydrogen-bond acceptors (Lipinski definition) is 1. The number of aryl methyl sites for hydroxylation is 1. The van der Waals surface area contributed by atoms with E-state index in [1.807, 2.05) is 11.8 Å². The van der Waals surface area contributed by atoms with Gasteiger partial charge in [-0.2, -0.15) is 11.8 Å². The van der Waals surface area contributed by atoms with Gasteiger partial charge < -0.3 is 0 Å². The summed E-state index contributed by atoms with van der Waals surface area (Å²) in [5.41, 5.74) is 2.83. The van der Waals surface area contributed by atoms with Crippen LogP contribution in [0.4, 0.5) is 0 Å². The highest BCUT2D eigenvalue weighted by Gasteiger charge is 2.19. The lowest BCUT2D eigenvalue weighted by Gasteiger charge is -2.24. The summed E-state index contributed by atoms with van der Waals surface area (Å²) < 4.78 is 0.241. The highest BCUT2D eigenvalue weighted by molar-refractivity contribution is 7.99. The molecule has 0 heterocycles. The molecule has 1 aromatic carbocycles. The molecule has 0 aliphatic rings. The van der Waals surface area contributed by atoms with Crippen LogP contribution in [0, 0.1) is 6.92 Å². The van der Waals surface area contributed by atoms with Crippen LogP contribution in [-0.4, -0.2) is 6.26 Å². The van der Waals surface area contributed by atoms with Crippen LogP contribution in [0.15, 0.2) is 24.3 Å². The Morgan fingerprint density at radius 1 is 1.17 bits per heavy atom. The Morgan fingerprint density at radius 2 is 1.75 bits per heavy atom. The van der Waals surface area contributed by atoms with E-state index in [-0.39, 0.29) is 4.75 Å². The highest BCUT2D eigenvalue weighted by atomic mass is 32.2. The van der Waals surface area contributed by atoms with E-state index in [9.17, 15) is 0 Å². The Bertz CT molecular complexity index is 263. The van der Waals surface area contributed by atoms with Gasteiger partial charge in [0, 0.05) is 4.75 Å². The van der Waals surface area contributed by atoms with E-state index in [1.165, 1.54) is 11.1 Å². The van der Waals surface area contributed by atoms with Gasteiger partial charge in [0.05, 0.1) is 0 Å². The molecule has 0 saturated carbocycles. The van der Waals surface area contributed by atoms with E-state index in [1.54, 1.807) is 0 Å². The van der Waals surface area contributed by atoms with Crippen LogP contribution in [0.3, 0.4) is 0 Å². The summed E-state index contributed by atoms with van der Waals surface area (Å²) >= 11 is 1.89. The van der Waals surface area contributed by atoms with E-state index in [0.29, 0.717) is 0 Å². The van der Waals surface area contributed by atoms with Crippen LogP contribution >= 0.6 is 11.8 Å². The molecular formula is C11H16S. The van der Waals surface area contributed by atoms with Crippen LogP contribution < -0.4 is 0 Å². The molecule has 0 amide bonds.